The van der Waals surface area contributed by atoms with Crippen molar-refractivity contribution >= 4 is 46.1 Å². The van der Waals surface area contributed by atoms with Gasteiger partial charge in [-0.25, -0.2) is 4.98 Å². The van der Waals surface area contributed by atoms with Crippen LogP contribution in [0.4, 0.5) is 0 Å². The molecule has 1 aromatic heterocycles. The molecule has 2 amide bonds. The Morgan fingerprint density at radius 1 is 1.27 bits per heavy atom. The van der Waals surface area contributed by atoms with Crippen molar-refractivity contribution in [2.45, 2.75) is 24.0 Å². The lowest BCUT2D eigenvalue weighted by Crippen LogP contribution is -2.39. The summed E-state index contributed by atoms with van der Waals surface area (Å²) in [4.78, 5) is 44.0. The average molecular weight is 487 g/mol. The number of aromatic nitrogens is 2. The fourth-order valence-electron chi connectivity index (χ4n) is 3.27. The highest BCUT2D eigenvalue weighted by molar-refractivity contribution is 7.99. The zero-order valence-electron chi connectivity index (χ0n) is 18.2. The first-order valence-corrected chi connectivity index (χ1v) is 11.8. The van der Waals surface area contributed by atoms with E-state index in [0.29, 0.717) is 32.5 Å². The number of nitrogens with zero attached hydrogens (tertiary/aromatic N) is 3. The molecule has 0 radical (unpaired) electrons. The minimum Gasteiger partial charge on any atom is -0.495 e. The number of carbonyl (C=O) groups is 2. The molecule has 0 bridgehead atoms. The van der Waals surface area contributed by atoms with Crippen LogP contribution in [-0.4, -0.2) is 58.8 Å². The van der Waals surface area contributed by atoms with Gasteiger partial charge in [-0.1, -0.05) is 35.5 Å². The summed E-state index contributed by atoms with van der Waals surface area (Å²) in [7, 11) is 3.10. The van der Waals surface area contributed by atoms with Gasteiger partial charge in [0.25, 0.3) is 5.56 Å². The molecule has 0 atom stereocenters. The third-order valence-electron chi connectivity index (χ3n) is 5.21. The van der Waals surface area contributed by atoms with Crippen molar-refractivity contribution < 1.29 is 14.3 Å². The number of hydrogen-bond donors (Lipinski definition) is 1. The number of methoxy groups -OCH3 is 1. The Hall–Kier alpha value is -3.04. The van der Waals surface area contributed by atoms with Gasteiger partial charge in [-0.15, -0.1) is 0 Å². The summed E-state index contributed by atoms with van der Waals surface area (Å²) in [5, 5.41) is 4.02. The van der Waals surface area contributed by atoms with E-state index in [1.807, 2.05) is 0 Å². The normalized spacial score (nSPS) is 13.1. The first-order valence-electron chi connectivity index (χ1n) is 10.4. The molecule has 1 aliphatic carbocycles. The van der Waals surface area contributed by atoms with Crippen LogP contribution < -0.4 is 15.6 Å². The van der Waals surface area contributed by atoms with E-state index < -0.39 is 0 Å². The smallest absolute Gasteiger partial charge is 0.266 e. The van der Waals surface area contributed by atoms with E-state index in [4.69, 9.17) is 16.3 Å². The summed E-state index contributed by atoms with van der Waals surface area (Å²) in [5.41, 5.74) is 0.774. The van der Waals surface area contributed by atoms with Gasteiger partial charge in [0, 0.05) is 13.1 Å². The van der Waals surface area contributed by atoms with Crippen molar-refractivity contribution in [2.24, 2.45) is 0 Å². The molecule has 4 rings (SSSR count). The highest BCUT2D eigenvalue weighted by Gasteiger charge is 2.24. The molecule has 0 saturated heterocycles. The number of rotatable bonds is 8. The molecular formula is C23H23ClN4O4S. The van der Waals surface area contributed by atoms with Gasteiger partial charge in [-0.05, 0) is 43.2 Å². The largest absolute Gasteiger partial charge is 0.495 e. The minimum absolute atomic E-state index is 0.0120. The van der Waals surface area contributed by atoms with Crippen LogP contribution in [0, 0.1) is 0 Å². The highest BCUT2D eigenvalue weighted by atomic mass is 35.5. The van der Waals surface area contributed by atoms with Crippen LogP contribution in [0.25, 0.3) is 16.6 Å². The van der Waals surface area contributed by atoms with E-state index in [2.05, 4.69) is 10.3 Å². The quantitative estimate of drug-likeness (QED) is 0.388. The summed E-state index contributed by atoms with van der Waals surface area (Å²) in [5.74, 6) is 0.0827. The van der Waals surface area contributed by atoms with Gasteiger partial charge in [0.05, 0.1) is 41.0 Å². The summed E-state index contributed by atoms with van der Waals surface area (Å²) in [6.45, 7) is -0.0120. The molecular weight excluding hydrogens is 464 g/mol. The highest BCUT2D eigenvalue weighted by Crippen LogP contribution is 2.28. The van der Waals surface area contributed by atoms with Crippen LogP contribution in [-0.2, 0) is 9.59 Å². The number of amides is 2. The molecule has 172 valence electrons. The summed E-state index contributed by atoms with van der Waals surface area (Å²) < 4.78 is 6.64. The maximum Gasteiger partial charge on any atom is 0.266 e. The van der Waals surface area contributed by atoms with E-state index in [1.54, 1.807) is 49.5 Å². The SMILES string of the molecule is COc1ccc(-n2c(SCC(=O)N(C)CC(=O)NC3CC3)nc3ccccc3c2=O)cc1Cl. The lowest BCUT2D eigenvalue weighted by Gasteiger charge is -2.18. The van der Waals surface area contributed by atoms with Crippen molar-refractivity contribution in [2.75, 3.05) is 26.5 Å². The van der Waals surface area contributed by atoms with Gasteiger partial charge in [-0.3, -0.25) is 19.0 Å². The lowest BCUT2D eigenvalue weighted by atomic mass is 10.2. The molecule has 2 aromatic carbocycles. The number of hydrogen-bond acceptors (Lipinski definition) is 6. The average Bonchev–Trinajstić information content (AvgIpc) is 3.61. The van der Waals surface area contributed by atoms with Crippen LogP contribution in [0.15, 0.2) is 52.4 Å². The van der Waals surface area contributed by atoms with Crippen molar-refractivity contribution in [1.82, 2.24) is 19.8 Å². The second kappa shape index (κ2) is 9.84. The van der Waals surface area contributed by atoms with E-state index in [-0.39, 0.29) is 35.7 Å². The Balaban J connectivity index is 1.61. The maximum absolute atomic E-state index is 13.3. The third-order valence-corrected chi connectivity index (χ3v) is 6.43. The topological polar surface area (TPSA) is 93.5 Å². The number of carbonyl (C=O) groups excluding carboxylic acids is 2. The molecule has 8 nitrogen and oxygen atoms in total. The molecule has 1 fully saturated rings. The number of likely N-dealkylation sites (N-methyl/N-ethyl adjacent to an activating group) is 1. The number of halogens is 1. The standard InChI is InChI=1S/C23H23ClN4O4S/c1-27(12-20(29)25-14-7-8-14)21(30)13-33-23-26-18-6-4-3-5-16(18)22(31)28(23)15-9-10-19(32-2)17(24)11-15/h3-6,9-11,14H,7-8,12-13H2,1-2H3,(H,25,29). The second-order valence-corrected chi connectivity index (χ2v) is 9.10. The van der Waals surface area contributed by atoms with Crippen molar-refractivity contribution in [3.8, 4) is 11.4 Å². The maximum atomic E-state index is 13.3. The monoisotopic (exact) mass is 486 g/mol. The molecule has 1 saturated carbocycles. The number of nitrogens with one attached hydrogen (secondary N) is 1. The Labute approximate surface area is 199 Å². The molecule has 1 heterocycles. The van der Waals surface area contributed by atoms with Crippen molar-refractivity contribution in [3.63, 3.8) is 0 Å². The first kappa shape index (κ1) is 23.1. The summed E-state index contributed by atoms with van der Waals surface area (Å²) in [6.07, 6.45) is 1.97. The van der Waals surface area contributed by atoms with Gasteiger partial charge < -0.3 is 15.0 Å². The zero-order valence-corrected chi connectivity index (χ0v) is 19.8. The molecule has 10 heteroatoms. The van der Waals surface area contributed by atoms with Crippen LogP contribution >= 0.6 is 23.4 Å². The summed E-state index contributed by atoms with van der Waals surface area (Å²) in [6, 6.07) is 12.3. The van der Waals surface area contributed by atoms with E-state index in [0.717, 1.165) is 24.6 Å². The van der Waals surface area contributed by atoms with Crippen LogP contribution in [0.3, 0.4) is 0 Å². The number of fused-ring (bicyclic) bond motifs is 1. The van der Waals surface area contributed by atoms with Gasteiger partial charge in [0.2, 0.25) is 11.8 Å². The third kappa shape index (κ3) is 5.31. The Morgan fingerprint density at radius 2 is 2.03 bits per heavy atom. The van der Waals surface area contributed by atoms with Crippen molar-refractivity contribution in [3.05, 3.63) is 57.8 Å². The molecule has 1 aliphatic rings. The number of para-hydroxylation sites is 1. The lowest BCUT2D eigenvalue weighted by molar-refractivity contribution is -0.132. The van der Waals surface area contributed by atoms with Crippen LogP contribution in [0.5, 0.6) is 5.75 Å². The predicted octanol–water partition coefficient (Wildman–Crippen LogP) is 2.88. The van der Waals surface area contributed by atoms with E-state index in [1.165, 1.54) is 16.6 Å². The fraction of sp³-hybridized carbons (Fsp3) is 0.304. The molecule has 0 spiro atoms. The van der Waals surface area contributed by atoms with Gasteiger partial charge >= 0.3 is 0 Å². The number of thioether (sulfide) groups is 1. The fourth-order valence-corrected chi connectivity index (χ4v) is 4.48. The molecule has 3 aromatic rings. The molecule has 0 aliphatic heterocycles. The Kier molecular flexibility index (Phi) is 6.90. The first-order chi connectivity index (χ1) is 15.9. The molecule has 33 heavy (non-hydrogen) atoms. The number of benzene rings is 2. The second-order valence-electron chi connectivity index (χ2n) is 7.75. The number of ether oxygens (including phenoxy) is 1. The van der Waals surface area contributed by atoms with Crippen LogP contribution in [0.1, 0.15) is 12.8 Å². The summed E-state index contributed by atoms with van der Waals surface area (Å²) >= 11 is 7.43. The minimum atomic E-state index is -0.269. The molecule has 1 N–H and O–H groups in total. The Bertz CT molecular complexity index is 1280. The molecule has 0 unspecified atom stereocenters. The van der Waals surface area contributed by atoms with Crippen LogP contribution in [0.2, 0.25) is 5.02 Å². The Morgan fingerprint density at radius 3 is 2.73 bits per heavy atom. The van der Waals surface area contributed by atoms with Gasteiger partial charge in [0.1, 0.15) is 5.75 Å². The van der Waals surface area contributed by atoms with E-state index in [9.17, 15) is 14.4 Å². The predicted molar refractivity (Wildman–Crippen MR) is 128 cm³/mol. The van der Waals surface area contributed by atoms with Crippen molar-refractivity contribution in [1.29, 1.82) is 0 Å². The van der Waals surface area contributed by atoms with Gasteiger partial charge in [-0.2, -0.15) is 0 Å². The van der Waals surface area contributed by atoms with Gasteiger partial charge in [0.15, 0.2) is 5.16 Å². The van der Waals surface area contributed by atoms with E-state index >= 15 is 0 Å². The zero-order chi connectivity index (χ0) is 23.5.